The van der Waals surface area contributed by atoms with Gasteiger partial charge in [0.15, 0.2) is 6.10 Å². The summed E-state index contributed by atoms with van der Waals surface area (Å²) in [6.07, 6.45) is 2.44. The van der Waals surface area contributed by atoms with Gasteiger partial charge in [0, 0.05) is 19.6 Å². The van der Waals surface area contributed by atoms with E-state index in [1.165, 1.54) is 10.7 Å². The van der Waals surface area contributed by atoms with Crippen molar-refractivity contribution in [1.82, 2.24) is 10.2 Å². The summed E-state index contributed by atoms with van der Waals surface area (Å²) in [4.78, 5) is 15.0. The predicted molar refractivity (Wildman–Crippen MR) is 110 cm³/mol. The second kappa shape index (κ2) is 8.69. The van der Waals surface area contributed by atoms with Gasteiger partial charge in [0.2, 0.25) is 10.0 Å². The van der Waals surface area contributed by atoms with Crippen LogP contribution in [0.4, 0.5) is 5.69 Å². The normalized spacial score (nSPS) is 25.7. The van der Waals surface area contributed by atoms with Gasteiger partial charge in [-0.1, -0.05) is 26.0 Å². The van der Waals surface area contributed by atoms with E-state index in [2.05, 4.69) is 24.1 Å². The molecule has 3 rings (SSSR count). The Morgan fingerprint density at radius 1 is 1.18 bits per heavy atom. The molecule has 0 aliphatic carbocycles. The van der Waals surface area contributed by atoms with Gasteiger partial charge in [-0.15, -0.1) is 0 Å². The predicted octanol–water partition coefficient (Wildman–Crippen LogP) is 1.70. The number of rotatable bonds is 6. The van der Waals surface area contributed by atoms with Crippen molar-refractivity contribution in [2.75, 3.05) is 43.3 Å². The average Bonchev–Trinajstić information content (AvgIpc) is 2.62. The van der Waals surface area contributed by atoms with Crippen molar-refractivity contribution >= 4 is 21.6 Å². The molecule has 0 unspecified atom stereocenters. The number of piperidine rings is 1. The van der Waals surface area contributed by atoms with Gasteiger partial charge in [-0.05, 0) is 43.4 Å². The highest BCUT2D eigenvalue weighted by Crippen LogP contribution is 2.34. The Kier molecular flexibility index (Phi) is 6.50. The molecule has 8 heteroatoms. The number of carbonyl (C=O) groups is 1. The summed E-state index contributed by atoms with van der Waals surface area (Å²) >= 11 is 0. The molecule has 1 aromatic rings. The van der Waals surface area contributed by atoms with E-state index in [4.69, 9.17) is 4.74 Å². The minimum absolute atomic E-state index is 0.0111. The highest BCUT2D eigenvalue weighted by atomic mass is 32.2. The first-order valence-electron chi connectivity index (χ1n) is 9.97. The van der Waals surface area contributed by atoms with E-state index in [9.17, 15) is 13.2 Å². The quantitative estimate of drug-likeness (QED) is 0.724. The summed E-state index contributed by atoms with van der Waals surface area (Å²) < 4.78 is 31.3. The molecule has 0 aromatic heterocycles. The number of nitrogens with one attached hydrogen (secondary N) is 1. The third-order valence-electron chi connectivity index (χ3n) is 5.32. The Hall–Kier alpha value is -1.80. The number of nitrogens with zero attached hydrogens (tertiary/aromatic N) is 2. The second-order valence-corrected chi connectivity index (χ2v) is 10.1. The molecule has 1 aromatic carbocycles. The van der Waals surface area contributed by atoms with Gasteiger partial charge in [0.25, 0.3) is 5.91 Å². The number of ether oxygens (including phenoxy) is 1. The minimum Gasteiger partial charge on any atom is -0.476 e. The zero-order valence-corrected chi connectivity index (χ0v) is 17.7. The molecule has 2 aliphatic rings. The van der Waals surface area contributed by atoms with Gasteiger partial charge in [-0.3, -0.25) is 9.10 Å². The van der Waals surface area contributed by atoms with Crippen molar-refractivity contribution in [3.05, 3.63) is 24.3 Å². The maximum atomic E-state index is 12.6. The van der Waals surface area contributed by atoms with E-state index in [1.807, 2.05) is 0 Å². The Labute approximate surface area is 168 Å². The van der Waals surface area contributed by atoms with Crippen LogP contribution in [0, 0.1) is 11.8 Å². The Morgan fingerprint density at radius 3 is 2.54 bits per heavy atom. The van der Waals surface area contributed by atoms with Crippen molar-refractivity contribution < 1.29 is 17.9 Å². The van der Waals surface area contributed by atoms with Gasteiger partial charge in [0.05, 0.1) is 18.5 Å². The summed E-state index contributed by atoms with van der Waals surface area (Å²) in [6.45, 7) is 8.31. The second-order valence-electron chi connectivity index (χ2n) is 8.22. The molecular formula is C20H31N3O4S. The first-order chi connectivity index (χ1) is 13.2. The number of fused-ring (bicyclic) bond motifs is 1. The summed E-state index contributed by atoms with van der Waals surface area (Å²) in [5.74, 6) is 1.58. The largest absolute Gasteiger partial charge is 0.476 e. The fraction of sp³-hybridized carbons (Fsp3) is 0.650. The van der Waals surface area contributed by atoms with Crippen molar-refractivity contribution in [1.29, 1.82) is 0 Å². The van der Waals surface area contributed by atoms with Gasteiger partial charge < -0.3 is 15.0 Å². The molecule has 0 radical (unpaired) electrons. The van der Waals surface area contributed by atoms with Crippen LogP contribution in [0.25, 0.3) is 0 Å². The van der Waals surface area contributed by atoms with Crippen LogP contribution in [-0.4, -0.2) is 64.3 Å². The topological polar surface area (TPSA) is 79.0 Å². The van der Waals surface area contributed by atoms with E-state index in [-0.39, 0.29) is 12.5 Å². The number of likely N-dealkylation sites (tertiary alicyclic amines) is 1. The number of hydrogen-bond acceptors (Lipinski definition) is 5. The van der Waals surface area contributed by atoms with Crippen LogP contribution >= 0.6 is 0 Å². The number of carbonyl (C=O) groups excluding carboxylic acids is 1. The Morgan fingerprint density at radius 2 is 1.86 bits per heavy atom. The SMILES string of the molecule is C[C@@H]1C[C@H](C)CN(CCCNC(=O)[C@@H]2CN(S(C)(=O)=O)c3ccccc3O2)C1. The molecule has 0 bridgehead atoms. The smallest absolute Gasteiger partial charge is 0.263 e. The summed E-state index contributed by atoms with van der Waals surface area (Å²) in [7, 11) is -3.49. The monoisotopic (exact) mass is 409 g/mol. The molecule has 156 valence electrons. The van der Waals surface area contributed by atoms with Gasteiger partial charge in [-0.2, -0.15) is 0 Å². The van der Waals surface area contributed by atoms with Crippen molar-refractivity contribution in [3.63, 3.8) is 0 Å². The number of amides is 1. The van der Waals surface area contributed by atoms with Crippen LogP contribution in [0.15, 0.2) is 24.3 Å². The molecule has 2 heterocycles. The van der Waals surface area contributed by atoms with Crippen LogP contribution in [0.3, 0.4) is 0 Å². The van der Waals surface area contributed by atoms with Gasteiger partial charge in [-0.25, -0.2) is 8.42 Å². The molecule has 28 heavy (non-hydrogen) atoms. The van der Waals surface area contributed by atoms with Crippen LogP contribution in [0.1, 0.15) is 26.7 Å². The van der Waals surface area contributed by atoms with Crippen LogP contribution in [0.5, 0.6) is 5.75 Å². The third-order valence-corrected chi connectivity index (χ3v) is 6.47. The first-order valence-corrected chi connectivity index (χ1v) is 11.8. The highest BCUT2D eigenvalue weighted by Gasteiger charge is 2.34. The van der Waals surface area contributed by atoms with Gasteiger partial charge in [0.1, 0.15) is 5.75 Å². The lowest BCUT2D eigenvalue weighted by atomic mass is 9.92. The van der Waals surface area contributed by atoms with Crippen molar-refractivity contribution in [2.45, 2.75) is 32.8 Å². The Balaban J connectivity index is 1.52. The number of hydrogen-bond donors (Lipinski definition) is 1. The van der Waals surface area contributed by atoms with Crippen LogP contribution in [-0.2, 0) is 14.8 Å². The first kappa shape index (κ1) is 20.9. The van der Waals surface area contributed by atoms with E-state index in [0.29, 0.717) is 18.0 Å². The summed E-state index contributed by atoms with van der Waals surface area (Å²) in [6, 6.07) is 6.89. The van der Waals surface area contributed by atoms with E-state index >= 15 is 0 Å². The fourth-order valence-corrected chi connectivity index (χ4v) is 5.17. The lowest BCUT2D eigenvalue weighted by molar-refractivity contribution is -0.127. The molecule has 7 nitrogen and oxygen atoms in total. The number of benzene rings is 1. The molecule has 3 atom stereocenters. The molecule has 0 spiro atoms. The standard InChI is InChI=1S/C20H31N3O4S/c1-15-11-16(2)13-22(12-15)10-6-9-21-20(24)19-14-23(28(3,25)26)17-7-4-5-8-18(17)27-19/h4-5,7-8,15-16,19H,6,9-14H2,1-3H3,(H,21,24)/t15-,16+,19-/m0/s1. The molecule has 1 N–H and O–H groups in total. The Bertz CT molecular complexity index is 788. The van der Waals surface area contributed by atoms with Crippen LogP contribution < -0.4 is 14.4 Å². The van der Waals surface area contributed by atoms with E-state index in [0.717, 1.165) is 44.1 Å². The maximum absolute atomic E-state index is 12.6. The zero-order chi connectivity index (χ0) is 20.3. The number of sulfonamides is 1. The molecule has 2 aliphatic heterocycles. The van der Waals surface area contributed by atoms with Gasteiger partial charge >= 0.3 is 0 Å². The molecular weight excluding hydrogens is 378 g/mol. The zero-order valence-electron chi connectivity index (χ0n) is 16.9. The summed E-state index contributed by atoms with van der Waals surface area (Å²) in [5, 5.41) is 2.91. The maximum Gasteiger partial charge on any atom is 0.263 e. The molecule has 1 amide bonds. The van der Waals surface area contributed by atoms with E-state index < -0.39 is 16.1 Å². The van der Waals surface area contributed by atoms with E-state index in [1.54, 1.807) is 24.3 Å². The number of anilines is 1. The average molecular weight is 410 g/mol. The molecule has 1 fully saturated rings. The third kappa shape index (κ3) is 5.17. The molecule has 1 saturated heterocycles. The fourth-order valence-electron chi connectivity index (χ4n) is 4.26. The van der Waals surface area contributed by atoms with Crippen LogP contribution in [0.2, 0.25) is 0 Å². The number of para-hydroxylation sites is 2. The lowest BCUT2D eigenvalue weighted by Gasteiger charge is -2.35. The lowest BCUT2D eigenvalue weighted by Crippen LogP contribution is -2.50. The molecule has 0 saturated carbocycles. The summed E-state index contributed by atoms with van der Waals surface area (Å²) in [5.41, 5.74) is 0.474. The van der Waals surface area contributed by atoms with Crippen molar-refractivity contribution in [2.24, 2.45) is 11.8 Å². The minimum atomic E-state index is -3.49. The highest BCUT2D eigenvalue weighted by molar-refractivity contribution is 7.92. The van der Waals surface area contributed by atoms with Crippen molar-refractivity contribution in [3.8, 4) is 5.75 Å².